The highest BCUT2D eigenvalue weighted by Crippen LogP contribution is 2.11. The summed E-state index contributed by atoms with van der Waals surface area (Å²) in [6.45, 7) is 4.81. The fourth-order valence-electron chi connectivity index (χ4n) is 2.04. The van der Waals surface area contributed by atoms with Gasteiger partial charge in [0.1, 0.15) is 5.82 Å². The molecule has 0 aliphatic carbocycles. The van der Waals surface area contributed by atoms with Gasteiger partial charge in [-0.3, -0.25) is 14.3 Å². The number of nitrogens with one attached hydrogen (secondary N) is 2. The molecular formula is C17H22N4O2. The lowest BCUT2D eigenvalue weighted by molar-refractivity contribution is 0.0945. The molecule has 0 saturated carbocycles. The van der Waals surface area contributed by atoms with Crippen LogP contribution in [0.2, 0.25) is 0 Å². The van der Waals surface area contributed by atoms with Gasteiger partial charge in [0.25, 0.3) is 11.8 Å². The van der Waals surface area contributed by atoms with Gasteiger partial charge < -0.3 is 10.6 Å². The zero-order valence-corrected chi connectivity index (χ0v) is 13.7. The number of amides is 2. The van der Waals surface area contributed by atoms with Gasteiger partial charge in [-0.25, -0.2) is 0 Å². The molecule has 0 aliphatic heterocycles. The summed E-state index contributed by atoms with van der Waals surface area (Å²) in [4.78, 5) is 24.2. The van der Waals surface area contributed by atoms with Crippen molar-refractivity contribution in [3.8, 4) is 0 Å². The lowest BCUT2D eigenvalue weighted by Gasteiger charge is -2.05. The van der Waals surface area contributed by atoms with Gasteiger partial charge in [-0.15, -0.1) is 0 Å². The summed E-state index contributed by atoms with van der Waals surface area (Å²) in [6.07, 6.45) is 0.913. The second kappa shape index (κ2) is 7.58. The molecule has 0 fully saturated rings. The Kier molecular flexibility index (Phi) is 5.51. The van der Waals surface area contributed by atoms with E-state index < -0.39 is 0 Å². The second-order valence-corrected chi connectivity index (χ2v) is 5.80. The topological polar surface area (TPSA) is 76.0 Å². The molecule has 23 heavy (non-hydrogen) atoms. The summed E-state index contributed by atoms with van der Waals surface area (Å²) in [6, 6.07) is 10.5. The van der Waals surface area contributed by atoms with Crippen molar-refractivity contribution in [2.24, 2.45) is 13.0 Å². The van der Waals surface area contributed by atoms with E-state index in [1.54, 1.807) is 37.4 Å². The van der Waals surface area contributed by atoms with E-state index in [1.807, 2.05) is 6.07 Å². The molecule has 0 spiro atoms. The van der Waals surface area contributed by atoms with Crippen LogP contribution >= 0.6 is 0 Å². The summed E-state index contributed by atoms with van der Waals surface area (Å²) in [5.74, 6) is 0.537. The minimum atomic E-state index is -0.236. The Labute approximate surface area is 135 Å². The van der Waals surface area contributed by atoms with Gasteiger partial charge in [0.2, 0.25) is 0 Å². The zero-order valence-electron chi connectivity index (χ0n) is 13.7. The molecule has 2 amide bonds. The van der Waals surface area contributed by atoms with E-state index in [1.165, 1.54) is 4.68 Å². The lowest BCUT2D eigenvalue weighted by atomic mass is 10.1. The number of hydrogen-bond acceptors (Lipinski definition) is 3. The predicted octanol–water partition coefficient (Wildman–Crippen LogP) is 2.45. The van der Waals surface area contributed by atoms with Crippen LogP contribution in [-0.4, -0.2) is 28.1 Å². The number of anilines is 1. The molecule has 2 N–H and O–H groups in total. The summed E-state index contributed by atoms with van der Waals surface area (Å²) < 4.78 is 1.48. The Morgan fingerprint density at radius 2 is 1.87 bits per heavy atom. The predicted molar refractivity (Wildman–Crippen MR) is 89.4 cm³/mol. The van der Waals surface area contributed by atoms with Crippen LogP contribution in [-0.2, 0) is 7.05 Å². The second-order valence-electron chi connectivity index (χ2n) is 5.80. The maximum Gasteiger partial charge on any atom is 0.271 e. The third-order valence-electron chi connectivity index (χ3n) is 3.40. The maximum atomic E-state index is 12.1. The van der Waals surface area contributed by atoms with E-state index in [0.29, 0.717) is 29.5 Å². The lowest BCUT2D eigenvalue weighted by Crippen LogP contribution is -2.25. The Morgan fingerprint density at radius 1 is 1.17 bits per heavy atom. The third kappa shape index (κ3) is 4.67. The fraction of sp³-hybridized carbons (Fsp3) is 0.353. The Balaban J connectivity index is 2.00. The molecule has 0 saturated heterocycles. The number of aryl methyl sites for hydroxylation is 1. The Bertz CT molecular complexity index is 677. The number of carbonyl (C=O) groups excluding carboxylic acids is 2. The van der Waals surface area contributed by atoms with Crippen LogP contribution in [0.5, 0.6) is 0 Å². The van der Waals surface area contributed by atoms with Crippen molar-refractivity contribution in [3.63, 3.8) is 0 Å². The number of aromatic nitrogens is 2. The molecule has 0 unspecified atom stereocenters. The van der Waals surface area contributed by atoms with Crippen LogP contribution in [0, 0.1) is 5.92 Å². The average molecular weight is 314 g/mol. The standard InChI is InChI=1S/C17H22N4O2/c1-12(2)9-10-18-17(23)14-11-15(21(3)20-14)19-16(22)13-7-5-4-6-8-13/h4-8,11-12H,9-10H2,1-3H3,(H,18,23)(H,19,22). The summed E-state index contributed by atoms with van der Waals surface area (Å²) in [7, 11) is 1.69. The minimum Gasteiger partial charge on any atom is -0.351 e. The normalized spacial score (nSPS) is 10.6. The van der Waals surface area contributed by atoms with Crippen molar-refractivity contribution in [1.82, 2.24) is 15.1 Å². The van der Waals surface area contributed by atoms with Crippen molar-refractivity contribution >= 4 is 17.6 Å². The molecule has 1 aromatic carbocycles. The molecule has 1 heterocycles. The minimum absolute atomic E-state index is 0.235. The zero-order chi connectivity index (χ0) is 16.8. The smallest absolute Gasteiger partial charge is 0.271 e. The molecule has 2 aromatic rings. The van der Waals surface area contributed by atoms with Crippen LogP contribution in [0.4, 0.5) is 5.82 Å². The molecule has 0 atom stereocenters. The summed E-state index contributed by atoms with van der Waals surface area (Å²) >= 11 is 0. The van der Waals surface area contributed by atoms with Crippen molar-refractivity contribution < 1.29 is 9.59 Å². The molecular weight excluding hydrogens is 292 g/mol. The van der Waals surface area contributed by atoms with Gasteiger partial charge >= 0.3 is 0 Å². The monoisotopic (exact) mass is 314 g/mol. The largest absolute Gasteiger partial charge is 0.351 e. The van der Waals surface area contributed by atoms with E-state index in [9.17, 15) is 9.59 Å². The van der Waals surface area contributed by atoms with Gasteiger partial charge in [0.05, 0.1) is 0 Å². The first kappa shape index (κ1) is 16.7. The van der Waals surface area contributed by atoms with Gasteiger partial charge in [-0.2, -0.15) is 5.10 Å². The Hall–Kier alpha value is -2.63. The average Bonchev–Trinajstić information content (AvgIpc) is 2.89. The number of hydrogen-bond donors (Lipinski definition) is 2. The molecule has 2 rings (SSSR count). The van der Waals surface area contributed by atoms with Crippen LogP contribution in [0.3, 0.4) is 0 Å². The van der Waals surface area contributed by atoms with E-state index in [4.69, 9.17) is 0 Å². The first-order valence-electron chi connectivity index (χ1n) is 7.66. The number of rotatable bonds is 6. The molecule has 6 nitrogen and oxygen atoms in total. The summed E-state index contributed by atoms with van der Waals surface area (Å²) in [5.41, 5.74) is 0.844. The van der Waals surface area contributed by atoms with Crippen molar-refractivity contribution in [3.05, 3.63) is 47.7 Å². The van der Waals surface area contributed by atoms with Crippen molar-refractivity contribution in [2.75, 3.05) is 11.9 Å². The van der Waals surface area contributed by atoms with Crippen LogP contribution in [0.15, 0.2) is 36.4 Å². The van der Waals surface area contributed by atoms with E-state index in [2.05, 4.69) is 29.6 Å². The number of nitrogens with zero attached hydrogens (tertiary/aromatic N) is 2. The summed E-state index contributed by atoms with van der Waals surface area (Å²) in [5, 5.41) is 9.73. The third-order valence-corrected chi connectivity index (χ3v) is 3.40. The fourth-order valence-corrected chi connectivity index (χ4v) is 2.04. The van der Waals surface area contributed by atoms with Gasteiger partial charge in [-0.05, 0) is 24.5 Å². The first-order chi connectivity index (χ1) is 11.0. The Morgan fingerprint density at radius 3 is 2.52 bits per heavy atom. The van der Waals surface area contributed by atoms with Gasteiger partial charge in [-0.1, -0.05) is 32.0 Å². The highest BCUT2D eigenvalue weighted by molar-refractivity contribution is 6.04. The van der Waals surface area contributed by atoms with E-state index in [-0.39, 0.29) is 11.8 Å². The van der Waals surface area contributed by atoms with Crippen molar-refractivity contribution in [2.45, 2.75) is 20.3 Å². The molecule has 0 radical (unpaired) electrons. The maximum absolute atomic E-state index is 12.1. The highest BCUT2D eigenvalue weighted by Gasteiger charge is 2.14. The van der Waals surface area contributed by atoms with Crippen LogP contribution in [0.1, 0.15) is 41.1 Å². The number of carbonyl (C=O) groups is 2. The highest BCUT2D eigenvalue weighted by atomic mass is 16.2. The molecule has 0 bridgehead atoms. The van der Waals surface area contributed by atoms with E-state index in [0.717, 1.165) is 6.42 Å². The molecule has 1 aromatic heterocycles. The molecule has 6 heteroatoms. The number of benzene rings is 1. The van der Waals surface area contributed by atoms with Gasteiger partial charge in [0, 0.05) is 25.2 Å². The van der Waals surface area contributed by atoms with E-state index >= 15 is 0 Å². The molecule has 0 aliphatic rings. The van der Waals surface area contributed by atoms with Gasteiger partial charge in [0.15, 0.2) is 5.69 Å². The van der Waals surface area contributed by atoms with Crippen LogP contribution < -0.4 is 10.6 Å². The SMILES string of the molecule is CC(C)CCNC(=O)c1cc(NC(=O)c2ccccc2)n(C)n1. The molecule has 122 valence electrons. The first-order valence-corrected chi connectivity index (χ1v) is 7.66. The van der Waals surface area contributed by atoms with Crippen LogP contribution in [0.25, 0.3) is 0 Å². The van der Waals surface area contributed by atoms with Crippen molar-refractivity contribution in [1.29, 1.82) is 0 Å². The quantitative estimate of drug-likeness (QED) is 0.860.